The number of para-hydroxylation sites is 1. The van der Waals surface area contributed by atoms with E-state index >= 15 is 0 Å². The van der Waals surface area contributed by atoms with Gasteiger partial charge in [-0.15, -0.1) is 0 Å². The quantitative estimate of drug-likeness (QED) is 0.637. The van der Waals surface area contributed by atoms with Crippen LogP contribution in [0.4, 0.5) is 0 Å². The van der Waals surface area contributed by atoms with Gasteiger partial charge in [-0.2, -0.15) is 0 Å². The Labute approximate surface area is 172 Å². The molecule has 0 radical (unpaired) electrons. The highest BCUT2D eigenvalue weighted by atomic mass is 16.3. The van der Waals surface area contributed by atoms with E-state index in [0.29, 0.717) is 13.0 Å². The number of aliphatic hydroxyl groups is 1. The van der Waals surface area contributed by atoms with Gasteiger partial charge in [0.05, 0.1) is 11.2 Å². The number of piperidine rings is 1. The number of benzene rings is 2. The van der Waals surface area contributed by atoms with Crippen molar-refractivity contribution in [3.05, 3.63) is 71.9 Å². The Kier molecular flexibility index (Phi) is 5.46. The van der Waals surface area contributed by atoms with Crippen LogP contribution in [0.15, 0.2) is 60.8 Å². The topological polar surface area (TPSA) is 56.3 Å². The number of hydrogen-bond acceptors (Lipinski definition) is 2. The van der Waals surface area contributed by atoms with Crippen LogP contribution in [0.2, 0.25) is 0 Å². The molecule has 0 bridgehead atoms. The first-order valence-electron chi connectivity index (χ1n) is 10.7. The zero-order valence-corrected chi connectivity index (χ0v) is 17.3. The molecule has 152 valence electrons. The van der Waals surface area contributed by atoms with Gasteiger partial charge in [-0.1, -0.05) is 68.8 Å². The van der Waals surface area contributed by atoms with E-state index in [2.05, 4.69) is 18.8 Å². The summed E-state index contributed by atoms with van der Waals surface area (Å²) in [7, 11) is 0. The molecule has 0 saturated carbocycles. The molecule has 4 heteroatoms. The van der Waals surface area contributed by atoms with Crippen molar-refractivity contribution in [1.82, 2.24) is 9.88 Å². The normalized spacial score (nSPS) is 24.7. The third-order valence-corrected chi connectivity index (χ3v) is 6.58. The number of carbonyl (C=O) groups is 1. The van der Waals surface area contributed by atoms with E-state index in [4.69, 9.17) is 0 Å². The second-order valence-electron chi connectivity index (χ2n) is 8.16. The summed E-state index contributed by atoms with van der Waals surface area (Å²) >= 11 is 0. The first kappa shape index (κ1) is 19.7. The maximum atomic E-state index is 13.6. The van der Waals surface area contributed by atoms with Crippen LogP contribution < -0.4 is 0 Å². The highest BCUT2D eigenvalue weighted by Crippen LogP contribution is 2.44. The lowest BCUT2D eigenvalue weighted by atomic mass is 9.69. The van der Waals surface area contributed by atoms with Crippen molar-refractivity contribution in [3.8, 4) is 0 Å². The van der Waals surface area contributed by atoms with E-state index < -0.39 is 5.60 Å². The van der Waals surface area contributed by atoms with E-state index in [1.807, 2.05) is 65.7 Å². The Bertz CT molecular complexity index is 981. The van der Waals surface area contributed by atoms with Crippen LogP contribution in [0, 0.1) is 5.92 Å². The Morgan fingerprint density at radius 3 is 2.59 bits per heavy atom. The minimum absolute atomic E-state index is 0.00932. The number of nitrogens with zero attached hydrogens (tertiary/aromatic N) is 1. The monoisotopic (exact) mass is 390 g/mol. The summed E-state index contributed by atoms with van der Waals surface area (Å²) in [6, 6.07) is 17.9. The summed E-state index contributed by atoms with van der Waals surface area (Å²) in [4.78, 5) is 18.8. The fourth-order valence-corrected chi connectivity index (χ4v) is 5.17. The third kappa shape index (κ3) is 3.36. The number of H-pyrrole nitrogens is 1. The zero-order valence-electron chi connectivity index (χ0n) is 17.3. The molecule has 2 N–H and O–H groups in total. The summed E-state index contributed by atoms with van der Waals surface area (Å²) in [6.45, 7) is 4.83. The van der Waals surface area contributed by atoms with Crippen LogP contribution in [-0.2, 0) is 5.60 Å². The number of hydrogen-bond donors (Lipinski definition) is 2. The molecule has 3 aromatic rings. The first-order valence-corrected chi connectivity index (χ1v) is 10.7. The minimum Gasteiger partial charge on any atom is -0.385 e. The Morgan fingerprint density at radius 1 is 1.14 bits per heavy atom. The molecule has 4 nitrogen and oxygen atoms in total. The summed E-state index contributed by atoms with van der Waals surface area (Å²) in [5, 5.41) is 12.8. The molecule has 1 aliphatic heterocycles. The number of amides is 1. The van der Waals surface area contributed by atoms with Crippen molar-refractivity contribution in [2.45, 2.75) is 51.2 Å². The van der Waals surface area contributed by atoms with Gasteiger partial charge in [0, 0.05) is 35.6 Å². The zero-order chi connectivity index (χ0) is 20.4. The van der Waals surface area contributed by atoms with E-state index in [-0.39, 0.29) is 17.9 Å². The Morgan fingerprint density at radius 2 is 1.86 bits per heavy atom. The van der Waals surface area contributed by atoms with E-state index in [1.165, 1.54) is 0 Å². The van der Waals surface area contributed by atoms with Gasteiger partial charge < -0.3 is 15.0 Å². The lowest BCUT2D eigenvalue weighted by Crippen LogP contribution is -2.57. The second-order valence-corrected chi connectivity index (χ2v) is 8.16. The molecule has 1 aliphatic rings. The molecule has 0 unspecified atom stereocenters. The van der Waals surface area contributed by atoms with Gasteiger partial charge in [-0.3, -0.25) is 4.79 Å². The van der Waals surface area contributed by atoms with Gasteiger partial charge in [-0.05, 0) is 30.9 Å². The number of carbonyl (C=O) groups excluding carboxylic acids is 1. The third-order valence-electron chi connectivity index (χ3n) is 6.58. The molecule has 1 amide bonds. The van der Waals surface area contributed by atoms with Gasteiger partial charge in [0.25, 0.3) is 5.91 Å². The number of likely N-dealkylation sites (tertiary alicyclic amines) is 1. The second kappa shape index (κ2) is 8.03. The maximum absolute atomic E-state index is 13.6. The van der Waals surface area contributed by atoms with Crippen molar-refractivity contribution in [1.29, 1.82) is 0 Å². The summed E-state index contributed by atoms with van der Waals surface area (Å²) in [6.07, 6.45) is 5.08. The number of fused-ring (bicyclic) bond motifs is 1. The van der Waals surface area contributed by atoms with Crippen LogP contribution in [0.25, 0.3) is 10.9 Å². The molecule has 0 aliphatic carbocycles. The molecule has 29 heavy (non-hydrogen) atoms. The fourth-order valence-electron chi connectivity index (χ4n) is 5.17. The van der Waals surface area contributed by atoms with Crippen molar-refractivity contribution in [3.63, 3.8) is 0 Å². The van der Waals surface area contributed by atoms with Crippen LogP contribution >= 0.6 is 0 Å². The largest absolute Gasteiger partial charge is 0.385 e. The van der Waals surface area contributed by atoms with E-state index in [0.717, 1.165) is 41.3 Å². The molecule has 1 aromatic heterocycles. The first-order chi connectivity index (χ1) is 14.1. The number of rotatable bonds is 5. The maximum Gasteiger partial charge on any atom is 0.256 e. The van der Waals surface area contributed by atoms with Gasteiger partial charge in [0.15, 0.2) is 0 Å². The van der Waals surface area contributed by atoms with Crippen LogP contribution in [0.1, 0.15) is 55.5 Å². The predicted molar refractivity (Wildman–Crippen MR) is 117 cm³/mol. The highest BCUT2D eigenvalue weighted by Gasteiger charge is 2.48. The SMILES string of the molecule is CCC[C@@H]1[C@H](CC)N(C(=O)c2c[nH]c3ccccc23)CC[C@@]1(O)c1ccccc1. The fraction of sp³-hybridized carbons (Fsp3) is 0.400. The lowest BCUT2D eigenvalue weighted by molar-refractivity contribution is -0.101. The van der Waals surface area contributed by atoms with E-state index in [1.54, 1.807) is 0 Å². The Hall–Kier alpha value is -2.59. The molecule has 1 fully saturated rings. The summed E-state index contributed by atoms with van der Waals surface area (Å²) in [5.41, 5.74) is 1.77. The number of aromatic amines is 1. The van der Waals surface area contributed by atoms with Gasteiger partial charge >= 0.3 is 0 Å². The molecule has 2 heterocycles. The Balaban J connectivity index is 1.70. The van der Waals surface area contributed by atoms with Gasteiger partial charge in [-0.25, -0.2) is 0 Å². The standard InChI is InChI=1S/C25H30N2O2/c1-3-10-21-23(4-2)27(16-15-25(21,29)18-11-6-5-7-12-18)24(28)20-17-26-22-14-9-8-13-19(20)22/h5-9,11-14,17,21,23,26,29H,3-4,10,15-16H2,1-2H3/t21-,23+,25-/m1/s1. The van der Waals surface area contributed by atoms with E-state index in [9.17, 15) is 9.90 Å². The molecular weight excluding hydrogens is 360 g/mol. The molecular formula is C25H30N2O2. The van der Waals surface area contributed by atoms with Crippen molar-refractivity contribution in [2.24, 2.45) is 5.92 Å². The lowest BCUT2D eigenvalue weighted by Gasteiger charge is -2.50. The number of aromatic nitrogens is 1. The summed E-state index contributed by atoms with van der Waals surface area (Å²) < 4.78 is 0. The van der Waals surface area contributed by atoms with Crippen LogP contribution in [0.5, 0.6) is 0 Å². The minimum atomic E-state index is -0.894. The average Bonchev–Trinajstić information content (AvgIpc) is 3.19. The van der Waals surface area contributed by atoms with Crippen molar-refractivity contribution in [2.75, 3.05) is 6.54 Å². The average molecular weight is 391 g/mol. The molecule has 1 saturated heterocycles. The summed E-state index contributed by atoms with van der Waals surface area (Å²) in [5.74, 6) is 0.0771. The molecule has 0 spiro atoms. The molecule has 2 aromatic carbocycles. The van der Waals surface area contributed by atoms with Gasteiger partial charge in [0.2, 0.25) is 0 Å². The van der Waals surface area contributed by atoms with Gasteiger partial charge in [0.1, 0.15) is 0 Å². The molecule has 3 atom stereocenters. The molecule has 4 rings (SSSR count). The highest BCUT2D eigenvalue weighted by molar-refractivity contribution is 6.06. The number of nitrogens with one attached hydrogen (secondary N) is 1. The van der Waals surface area contributed by atoms with Crippen molar-refractivity contribution >= 4 is 16.8 Å². The van der Waals surface area contributed by atoms with Crippen LogP contribution in [0.3, 0.4) is 0 Å². The van der Waals surface area contributed by atoms with Crippen molar-refractivity contribution < 1.29 is 9.90 Å². The van der Waals surface area contributed by atoms with Crippen LogP contribution in [-0.4, -0.2) is 33.5 Å². The predicted octanol–water partition coefficient (Wildman–Crippen LogP) is 5.10. The smallest absolute Gasteiger partial charge is 0.256 e.